The van der Waals surface area contributed by atoms with Crippen LogP contribution in [0.2, 0.25) is 0 Å². The van der Waals surface area contributed by atoms with Gasteiger partial charge in [-0.2, -0.15) is 0 Å². The van der Waals surface area contributed by atoms with Crippen molar-refractivity contribution in [3.63, 3.8) is 0 Å². The molecule has 0 fully saturated rings. The molecule has 166 valence electrons. The Kier molecular flexibility index (Phi) is 10.5. The van der Waals surface area contributed by atoms with Gasteiger partial charge in [0.2, 0.25) is 5.89 Å². The lowest BCUT2D eigenvalue weighted by atomic mass is 10.1. The number of oxazole rings is 1. The first-order chi connectivity index (χ1) is 14.7. The van der Waals surface area contributed by atoms with Gasteiger partial charge in [-0.3, -0.25) is 0 Å². The Bertz CT molecular complexity index is 937. The van der Waals surface area contributed by atoms with Gasteiger partial charge in [-0.25, -0.2) is 9.98 Å². The predicted molar refractivity (Wildman–Crippen MR) is 136 cm³/mol. The molecule has 3 rings (SSSR count). The van der Waals surface area contributed by atoms with Crippen LogP contribution in [-0.4, -0.2) is 24.1 Å². The van der Waals surface area contributed by atoms with Crippen molar-refractivity contribution in [3.05, 3.63) is 77.2 Å². The number of halogens is 1. The molecule has 0 aliphatic carbocycles. The molecular formula is C24H31IN4O2. The molecule has 1 heterocycles. The Hall–Kier alpha value is -2.39. The number of aryl methyl sites for hydroxylation is 1. The molecule has 2 N–H and O–H groups in total. The molecule has 1 aromatic heterocycles. The summed E-state index contributed by atoms with van der Waals surface area (Å²) in [6.07, 6.45) is 1.68. The van der Waals surface area contributed by atoms with Gasteiger partial charge in [0.1, 0.15) is 6.26 Å². The molecule has 0 radical (unpaired) electrons. The number of hydrogen-bond acceptors (Lipinski definition) is 4. The molecule has 0 aliphatic heterocycles. The predicted octanol–water partition coefficient (Wildman–Crippen LogP) is 5.06. The fraction of sp³-hybridized carbons (Fsp3) is 0.333. The summed E-state index contributed by atoms with van der Waals surface area (Å²) in [7, 11) is 0. The molecule has 7 heteroatoms. The summed E-state index contributed by atoms with van der Waals surface area (Å²) in [5, 5.41) is 6.58. The highest BCUT2D eigenvalue weighted by Gasteiger charge is 2.07. The summed E-state index contributed by atoms with van der Waals surface area (Å²) in [4.78, 5) is 9.24. The minimum absolute atomic E-state index is 0. The van der Waals surface area contributed by atoms with Crippen LogP contribution in [0.5, 0.6) is 0 Å². The van der Waals surface area contributed by atoms with E-state index in [0.717, 1.165) is 35.9 Å². The van der Waals surface area contributed by atoms with E-state index >= 15 is 0 Å². The summed E-state index contributed by atoms with van der Waals surface area (Å²) < 4.78 is 11.1. The first-order valence-corrected chi connectivity index (χ1v) is 10.4. The third-order valence-electron chi connectivity index (χ3n) is 4.55. The van der Waals surface area contributed by atoms with Crippen molar-refractivity contribution in [2.24, 2.45) is 4.99 Å². The van der Waals surface area contributed by atoms with E-state index in [9.17, 15) is 0 Å². The SMILES string of the molecule is CCNC(=NCc1ccc(COCC)cc1)NCc1coc(-c2ccc(C)cc2)n1.I. The first kappa shape index (κ1) is 24.9. The van der Waals surface area contributed by atoms with E-state index < -0.39 is 0 Å². The summed E-state index contributed by atoms with van der Waals surface area (Å²) in [5.74, 6) is 1.37. The second-order valence-corrected chi connectivity index (χ2v) is 7.01. The van der Waals surface area contributed by atoms with Crippen molar-refractivity contribution in [2.45, 2.75) is 40.5 Å². The summed E-state index contributed by atoms with van der Waals surface area (Å²) in [5.41, 5.74) is 5.33. The van der Waals surface area contributed by atoms with Crippen LogP contribution in [-0.2, 0) is 24.4 Å². The van der Waals surface area contributed by atoms with Gasteiger partial charge in [-0.1, -0.05) is 42.0 Å². The minimum Gasteiger partial charge on any atom is -0.444 e. The lowest BCUT2D eigenvalue weighted by Gasteiger charge is -2.10. The molecule has 3 aromatic rings. The Morgan fingerprint density at radius 2 is 1.71 bits per heavy atom. The maximum Gasteiger partial charge on any atom is 0.226 e. The average Bonchev–Trinajstić information content (AvgIpc) is 3.24. The summed E-state index contributed by atoms with van der Waals surface area (Å²) in [6, 6.07) is 16.5. The van der Waals surface area contributed by atoms with E-state index in [1.54, 1.807) is 6.26 Å². The molecule has 0 aliphatic rings. The largest absolute Gasteiger partial charge is 0.444 e. The van der Waals surface area contributed by atoms with E-state index in [-0.39, 0.29) is 24.0 Å². The van der Waals surface area contributed by atoms with Crippen LogP contribution in [0.1, 0.15) is 36.2 Å². The highest BCUT2D eigenvalue weighted by Crippen LogP contribution is 2.19. The highest BCUT2D eigenvalue weighted by atomic mass is 127. The molecule has 0 saturated heterocycles. The van der Waals surface area contributed by atoms with Gasteiger partial charge in [0.05, 0.1) is 25.4 Å². The third-order valence-corrected chi connectivity index (χ3v) is 4.55. The average molecular weight is 534 g/mol. The lowest BCUT2D eigenvalue weighted by Crippen LogP contribution is -2.36. The van der Waals surface area contributed by atoms with Crippen LogP contribution >= 0.6 is 24.0 Å². The number of guanidine groups is 1. The van der Waals surface area contributed by atoms with E-state index in [2.05, 4.69) is 63.9 Å². The van der Waals surface area contributed by atoms with Gasteiger partial charge in [-0.15, -0.1) is 24.0 Å². The number of benzene rings is 2. The van der Waals surface area contributed by atoms with Gasteiger partial charge < -0.3 is 19.8 Å². The lowest BCUT2D eigenvalue weighted by molar-refractivity contribution is 0.134. The van der Waals surface area contributed by atoms with E-state index in [1.165, 1.54) is 11.1 Å². The zero-order valence-electron chi connectivity index (χ0n) is 18.4. The van der Waals surface area contributed by atoms with Crippen LogP contribution in [0.15, 0.2) is 64.2 Å². The Balaban J connectivity index is 0.00000341. The molecule has 6 nitrogen and oxygen atoms in total. The molecule has 31 heavy (non-hydrogen) atoms. The van der Waals surface area contributed by atoms with Gasteiger partial charge in [0, 0.05) is 18.7 Å². The normalized spacial score (nSPS) is 11.1. The van der Waals surface area contributed by atoms with E-state index in [4.69, 9.17) is 9.15 Å². The standard InChI is InChI=1S/C24H30N4O2.HI/c1-4-25-24(26-14-19-8-10-20(11-9-19)16-29-5-2)27-15-22-17-30-23(28-22)21-12-6-18(3)7-13-21;/h6-13,17H,4-5,14-16H2,1-3H3,(H2,25,26,27);1H. The quantitative estimate of drug-likeness (QED) is 0.228. The summed E-state index contributed by atoms with van der Waals surface area (Å²) in [6.45, 7) is 9.39. The van der Waals surface area contributed by atoms with Crippen molar-refractivity contribution < 1.29 is 9.15 Å². The number of ether oxygens (including phenoxy) is 1. The van der Waals surface area contributed by atoms with Crippen molar-refractivity contribution >= 4 is 29.9 Å². The van der Waals surface area contributed by atoms with Crippen LogP contribution in [0.25, 0.3) is 11.5 Å². The van der Waals surface area contributed by atoms with Gasteiger partial charge in [-0.05, 0) is 44.0 Å². The second-order valence-electron chi connectivity index (χ2n) is 7.01. The van der Waals surface area contributed by atoms with Crippen LogP contribution in [0, 0.1) is 6.92 Å². The Labute approximate surface area is 201 Å². The fourth-order valence-electron chi connectivity index (χ4n) is 2.86. The maximum atomic E-state index is 5.63. The molecule has 2 aromatic carbocycles. The minimum atomic E-state index is 0. The van der Waals surface area contributed by atoms with E-state index in [1.807, 2.05) is 26.0 Å². The molecule has 0 saturated carbocycles. The van der Waals surface area contributed by atoms with Crippen molar-refractivity contribution in [1.29, 1.82) is 0 Å². The molecule has 0 spiro atoms. The Morgan fingerprint density at radius 1 is 1.00 bits per heavy atom. The number of nitrogens with one attached hydrogen (secondary N) is 2. The van der Waals surface area contributed by atoms with Gasteiger partial charge in [0.25, 0.3) is 0 Å². The van der Waals surface area contributed by atoms with Gasteiger partial charge in [0.15, 0.2) is 5.96 Å². The third kappa shape index (κ3) is 7.99. The monoisotopic (exact) mass is 534 g/mol. The molecular weight excluding hydrogens is 503 g/mol. The number of hydrogen-bond donors (Lipinski definition) is 2. The zero-order chi connectivity index (χ0) is 21.2. The van der Waals surface area contributed by atoms with Crippen LogP contribution in [0.3, 0.4) is 0 Å². The van der Waals surface area contributed by atoms with Crippen molar-refractivity contribution in [3.8, 4) is 11.5 Å². The van der Waals surface area contributed by atoms with E-state index in [0.29, 0.717) is 25.6 Å². The highest BCUT2D eigenvalue weighted by molar-refractivity contribution is 14.0. The fourth-order valence-corrected chi connectivity index (χ4v) is 2.86. The number of nitrogens with zero attached hydrogens (tertiary/aromatic N) is 2. The number of aromatic nitrogens is 1. The van der Waals surface area contributed by atoms with Crippen LogP contribution in [0.4, 0.5) is 0 Å². The molecule has 0 atom stereocenters. The zero-order valence-corrected chi connectivity index (χ0v) is 20.7. The smallest absolute Gasteiger partial charge is 0.226 e. The first-order valence-electron chi connectivity index (χ1n) is 10.4. The van der Waals surface area contributed by atoms with Crippen molar-refractivity contribution in [2.75, 3.05) is 13.2 Å². The molecule has 0 bridgehead atoms. The number of rotatable bonds is 9. The van der Waals surface area contributed by atoms with Crippen LogP contribution < -0.4 is 10.6 Å². The second kappa shape index (κ2) is 13.1. The maximum absolute atomic E-state index is 5.63. The topological polar surface area (TPSA) is 71.7 Å². The Morgan fingerprint density at radius 3 is 2.39 bits per heavy atom. The number of aliphatic imine (C=N–C) groups is 1. The summed E-state index contributed by atoms with van der Waals surface area (Å²) >= 11 is 0. The van der Waals surface area contributed by atoms with Crippen molar-refractivity contribution in [1.82, 2.24) is 15.6 Å². The van der Waals surface area contributed by atoms with Gasteiger partial charge >= 0.3 is 0 Å². The molecule has 0 amide bonds. The molecule has 0 unspecified atom stereocenters.